The van der Waals surface area contributed by atoms with E-state index in [1.165, 1.54) is 0 Å². The van der Waals surface area contributed by atoms with Crippen molar-refractivity contribution < 1.29 is 27.2 Å². The number of benzene rings is 1. The molecule has 0 heterocycles. The van der Waals surface area contributed by atoms with E-state index in [9.17, 15) is 27.2 Å². The average molecular weight is 264 g/mol. The van der Waals surface area contributed by atoms with E-state index in [4.69, 9.17) is 0 Å². The van der Waals surface area contributed by atoms with E-state index in [-0.39, 0.29) is 0 Å². The lowest BCUT2D eigenvalue weighted by atomic mass is 10.1. The van der Waals surface area contributed by atoms with Gasteiger partial charge in [-0.15, -0.1) is 0 Å². The van der Waals surface area contributed by atoms with Crippen LogP contribution in [0, 0.1) is 5.82 Å². The van der Waals surface area contributed by atoms with E-state index in [0.29, 0.717) is 12.1 Å². The van der Waals surface area contributed by atoms with Crippen LogP contribution in [0.5, 0.6) is 0 Å². The maximum absolute atomic E-state index is 12.9. The van der Waals surface area contributed by atoms with Gasteiger partial charge in [0.25, 0.3) is 5.91 Å². The summed E-state index contributed by atoms with van der Waals surface area (Å²) in [7, 11) is 0. The quantitative estimate of drug-likeness (QED) is 0.598. The molecule has 2 N–H and O–H groups in total. The van der Waals surface area contributed by atoms with Crippen LogP contribution in [-0.4, -0.2) is 11.8 Å². The summed E-state index contributed by atoms with van der Waals surface area (Å²) >= 11 is 0. The monoisotopic (exact) mass is 264 g/mol. The van der Waals surface area contributed by atoms with Crippen molar-refractivity contribution in [1.29, 1.82) is 0 Å². The first kappa shape index (κ1) is 13.9. The van der Waals surface area contributed by atoms with E-state index in [2.05, 4.69) is 0 Å². The number of alkyl halides is 3. The van der Waals surface area contributed by atoms with Gasteiger partial charge in [0, 0.05) is 12.5 Å². The highest BCUT2D eigenvalue weighted by molar-refractivity contribution is 5.95. The summed E-state index contributed by atoms with van der Waals surface area (Å²) < 4.78 is 50.0. The summed E-state index contributed by atoms with van der Waals surface area (Å²) in [5.41, 5.74) is 1.81. The van der Waals surface area contributed by atoms with Gasteiger partial charge in [-0.3, -0.25) is 20.4 Å². The third kappa shape index (κ3) is 3.44. The van der Waals surface area contributed by atoms with Gasteiger partial charge < -0.3 is 0 Å². The lowest BCUT2D eigenvalue weighted by Crippen LogP contribution is -2.40. The number of nitrogens with one attached hydrogen (secondary N) is 2. The third-order valence-electron chi connectivity index (χ3n) is 1.89. The van der Waals surface area contributed by atoms with Gasteiger partial charge in [0.05, 0.1) is 5.56 Å². The molecule has 0 aliphatic carbocycles. The lowest BCUT2D eigenvalue weighted by molar-refractivity contribution is -0.140. The number of hydrogen-bond donors (Lipinski definition) is 2. The molecule has 0 saturated carbocycles. The second kappa shape index (κ2) is 5.03. The largest absolute Gasteiger partial charge is 0.419 e. The van der Waals surface area contributed by atoms with Crippen LogP contribution in [-0.2, 0) is 11.0 Å². The zero-order valence-corrected chi connectivity index (χ0v) is 9.06. The number of carbonyl (C=O) groups is 2. The normalized spacial score (nSPS) is 10.9. The number of hydrazine groups is 1. The molecular weight excluding hydrogens is 256 g/mol. The van der Waals surface area contributed by atoms with Crippen LogP contribution in [0.3, 0.4) is 0 Å². The molecule has 1 aromatic rings. The molecule has 0 aromatic heterocycles. The van der Waals surface area contributed by atoms with Crippen molar-refractivity contribution in [2.75, 3.05) is 0 Å². The molecular formula is C10H8F4N2O2. The fourth-order valence-corrected chi connectivity index (χ4v) is 1.10. The van der Waals surface area contributed by atoms with Crippen LogP contribution in [0.15, 0.2) is 18.2 Å². The molecule has 18 heavy (non-hydrogen) atoms. The van der Waals surface area contributed by atoms with Gasteiger partial charge in [0.1, 0.15) is 5.82 Å². The van der Waals surface area contributed by atoms with Crippen molar-refractivity contribution in [3.05, 3.63) is 35.1 Å². The van der Waals surface area contributed by atoms with Gasteiger partial charge in [0.2, 0.25) is 5.91 Å². The standard InChI is InChI=1S/C10H8F4N2O2/c1-5(17)15-16-9(18)6-2-3-8(11)7(4-6)10(12,13)14/h2-4H,1H3,(H,15,17)(H,16,18). The molecule has 0 spiro atoms. The lowest BCUT2D eigenvalue weighted by Gasteiger charge is -2.10. The summed E-state index contributed by atoms with van der Waals surface area (Å²) in [6.07, 6.45) is -4.89. The highest BCUT2D eigenvalue weighted by Gasteiger charge is 2.34. The van der Waals surface area contributed by atoms with Crippen molar-refractivity contribution in [2.24, 2.45) is 0 Å². The molecule has 1 aromatic carbocycles. The summed E-state index contributed by atoms with van der Waals surface area (Å²) in [6, 6.07) is 1.78. The zero-order valence-electron chi connectivity index (χ0n) is 9.06. The molecule has 0 aliphatic rings. The summed E-state index contributed by atoms with van der Waals surface area (Å²) in [4.78, 5) is 21.8. The minimum Gasteiger partial charge on any atom is -0.274 e. The van der Waals surface area contributed by atoms with Crippen molar-refractivity contribution in [3.63, 3.8) is 0 Å². The molecule has 98 valence electrons. The number of carbonyl (C=O) groups excluding carboxylic acids is 2. The fraction of sp³-hybridized carbons (Fsp3) is 0.200. The van der Waals surface area contributed by atoms with E-state index < -0.39 is 34.9 Å². The molecule has 8 heteroatoms. The van der Waals surface area contributed by atoms with E-state index in [1.807, 2.05) is 10.9 Å². The molecule has 1 rings (SSSR count). The average Bonchev–Trinajstić information content (AvgIpc) is 2.24. The molecule has 0 fully saturated rings. The number of hydrogen-bond acceptors (Lipinski definition) is 2. The van der Waals surface area contributed by atoms with Gasteiger partial charge in [-0.2, -0.15) is 13.2 Å². The van der Waals surface area contributed by atoms with E-state index in [1.54, 1.807) is 0 Å². The first-order chi connectivity index (χ1) is 8.21. The van der Waals surface area contributed by atoms with Gasteiger partial charge >= 0.3 is 6.18 Å². The topological polar surface area (TPSA) is 58.2 Å². The maximum Gasteiger partial charge on any atom is 0.419 e. The molecule has 0 unspecified atom stereocenters. The molecule has 0 radical (unpaired) electrons. The molecule has 0 bridgehead atoms. The zero-order chi connectivity index (χ0) is 13.9. The van der Waals surface area contributed by atoms with Crippen LogP contribution < -0.4 is 10.9 Å². The predicted molar refractivity (Wildman–Crippen MR) is 52.7 cm³/mol. The summed E-state index contributed by atoms with van der Waals surface area (Å²) in [5, 5.41) is 0. The SMILES string of the molecule is CC(=O)NNC(=O)c1ccc(F)c(C(F)(F)F)c1. The predicted octanol–water partition coefficient (Wildman–Crippen LogP) is 1.63. The molecule has 0 saturated heterocycles. The molecule has 0 aliphatic heterocycles. The van der Waals surface area contributed by atoms with Gasteiger partial charge in [0.15, 0.2) is 0 Å². The Morgan fingerprint density at radius 3 is 2.28 bits per heavy atom. The molecule has 2 amide bonds. The second-order valence-corrected chi connectivity index (χ2v) is 3.33. The second-order valence-electron chi connectivity index (χ2n) is 3.33. The molecule has 4 nitrogen and oxygen atoms in total. The van der Waals surface area contributed by atoms with E-state index in [0.717, 1.165) is 13.0 Å². The van der Waals surface area contributed by atoms with E-state index >= 15 is 0 Å². The van der Waals surface area contributed by atoms with Crippen molar-refractivity contribution in [2.45, 2.75) is 13.1 Å². The Morgan fingerprint density at radius 2 is 1.78 bits per heavy atom. The summed E-state index contributed by atoms with van der Waals surface area (Å²) in [6.45, 7) is 1.10. The van der Waals surface area contributed by atoms with Crippen LogP contribution >= 0.6 is 0 Å². The van der Waals surface area contributed by atoms with Crippen LogP contribution in [0.1, 0.15) is 22.8 Å². The van der Waals surface area contributed by atoms with Gasteiger partial charge in [-0.05, 0) is 18.2 Å². The summed E-state index contributed by atoms with van der Waals surface area (Å²) in [5.74, 6) is -3.05. The van der Waals surface area contributed by atoms with Crippen molar-refractivity contribution >= 4 is 11.8 Å². The number of halogens is 4. The Morgan fingerprint density at radius 1 is 1.17 bits per heavy atom. The minimum atomic E-state index is -4.89. The Bertz CT molecular complexity index is 485. The van der Waals surface area contributed by atoms with Gasteiger partial charge in [-0.25, -0.2) is 4.39 Å². The van der Waals surface area contributed by atoms with Gasteiger partial charge in [-0.1, -0.05) is 0 Å². The Kier molecular flexibility index (Phi) is 3.89. The Balaban J connectivity index is 2.98. The fourth-order valence-electron chi connectivity index (χ4n) is 1.10. The number of rotatable bonds is 1. The molecule has 0 atom stereocenters. The highest BCUT2D eigenvalue weighted by Crippen LogP contribution is 2.31. The smallest absolute Gasteiger partial charge is 0.274 e. The minimum absolute atomic E-state index is 0.368. The Labute approximate surface area is 98.9 Å². The Hall–Kier alpha value is -2.12. The van der Waals surface area contributed by atoms with Crippen LogP contribution in [0.2, 0.25) is 0 Å². The van der Waals surface area contributed by atoms with Crippen LogP contribution in [0.4, 0.5) is 17.6 Å². The van der Waals surface area contributed by atoms with Crippen molar-refractivity contribution in [1.82, 2.24) is 10.9 Å². The third-order valence-corrected chi connectivity index (χ3v) is 1.89. The van der Waals surface area contributed by atoms with Crippen molar-refractivity contribution in [3.8, 4) is 0 Å². The van der Waals surface area contributed by atoms with Crippen LogP contribution in [0.25, 0.3) is 0 Å². The first-order valence-corrected chi connectivity index (χ1v) is 4.65. The maximum atomic E-state index is 12.9. The highest BCUT2D eigenvalue weighted by atomic mass is 19.4. The first-order valence-electron chi connectivity index (χ1n) is 4.65. The number of amides is 2.